The molecule has 0 bridgehead atoms. The van der Waals surface area contributed by atoms with Gasteiger partial charge in [-0.2, -0.15) is 11.3 Å². The lowest BCUT2D eigenvalue weighted by Crippen LogP contribution is -2.02. The molecular formula is C13H16N2S. The van der Waals surface area contributed by atoms with Crippen LogP contribution < -0.4 is 11.1 Å². The number of anilines is 2. The van der Waals surface area contributed by atoms with Gasteiger partial charge in [0.05, 0.1) is 11.4 Å². The number of nitrogens with two attached hydrogens (primary N) is 1. The molecular weight excluding hydrogens is 216 g/mol. The summed E-state index contributed by atoms with van der Waals surface area (Å²) >= 11 is 1.74. The summed E-state index contributed by atoms with van der Waals surface area (Å²) in [6.07, 6.45) is 0. The largest absolute Gasteiger partial charge is 0.397 e. The molecule has 2 nitrogen and oxygen atoms in total. The van der Waals surface area contributed by atoms with E-state index in [1.165, 1.54) is 16.7 Å². The molecule has 0 radical (unpaired) electrons. The zero-order chi connectivity index (χ0) is 11.5. The van der Waals surface area contributed by atoms with Crippen molar-refractivity contribution in [1.29, 1.82) is 0 Å². The zero-order valence-corrected chi connectivity index (χ0v) is 10.4. The van der Waals surface area contributed by atoms with Gasteiger partial charge in [0.25, 0.3) is 0 Å². The molecule has 0 amide bonds. The first-order valence-electron chi connectivity index (χ1n) is 5.28. The second kappa shape index (κ2) is 4.58. The standard InChI is InChI=1S/C13H16N2S/c1-9-3-4-13(12(14)5-9)15-6-11-8-16-7-10(11)2/h3-5,7-8,15H,6,14H2,1-2H3. The maximum absolute atomic E-state index is 5.94. The van der Waals surface area contributed by atoms with Crippen LogP contribution >= 0.6 is 11.3 Å². The van der Waals surface area contributed by atoms with Crippen molar-refractivity contribution in [2.75, 3.05) is 11.1 Å². The van der Waals surface area contributed by atoms with E-state index in [4.69, 9.17) is 5.73 Å². The van der Waals surface area contributed by atoms with E-state index in [0.29, 0.717) is 0 Å². The maximum atomic E-state index is 5.94. The van der Waals surface area contributed by atoms with Crippen molar-refractivity contribution in [1.82, 2.24) is 0 Å². The third-order valence-corrected chi connectivity index (χ3v) is 3.55. The predicted octanol–water partition coefficient (Wildman–Crippen LogP) is 3.56. The summed E-state index contributed by atoms with van der Waals surface area (Å²) in [6, 6.07) is 6.09. The Kier molecular flexibility index (Phi) is 3.15. The molecule has 1 heterocycles. The highest BCUT2D eigenvalue weighted by Crippen LogP contribution is 2.21. The summed E-state index contributed by atoms with van der Waals surface area (Å²) in [7, 11) is 0. The minimum atomic E-state index is 0.813. The molecule has 0 aliphatic rings. The van der Waals surface area contributed by atoms with Crippen LogP contribution in [0.5, 0.6) is 0 Å². The number of nitrogens with one attached hydrogen (secondary N) is 1. The molecule has 0 saturated carbocycles. The van der Waals surface area contributed by atoms with Gasteiger partial charge in [-0.25, -0.2) is 0 Å². The van der Waals surface area contributed by atoms with E-state index in [1.807, 2.05) is 19.1 Å². The Balaban J connectivity index is 2.08. The Morgan fingerprint density at radius 1 is 1.25 bits per heavy atom. The second-order valence-corrected chi connectivity index (χ2v) is 4.77. The quantitative estimate of drug-likeness (QED) is 0.794. The third kappa shape index (κ3) is 2.36. The van der Waals surface area contributed by atoms with Crippen molar-refractivity contribution in [3.63, 3.8) is 0 Å². The van der Waals surface area contributed by atoms with E-state index in [2.05, 4.69) is 29.1 Å². The Morgan fingerprint density at radius 2 is 2.06 bits per heavy atom. The Morgan fingerprint density at radius 3 is 2.69 bits per heavy atom. The molecule has 2 aromatic rings. The summed E-state index contributed by atoms with van der Waals surface area (Å²) in [6.45, 7) is 5.01. The van der Waals surface area contributed by atoms with Crippen LogP contribution in [-0.4, -0.2) is 0 Å². The van der Waals surface area contributed by atoms with Crippen LogP contribution in [0.15, 0.2) is 29.0 Å². The van der Waals surface area contributed by atoms with Gasteiger partial charge >= 0.3 is 0 Å². The molecule has 16 heavy (non-hydrogen) atoms. The molecule has 0 aliphatic heterocycles. The number of rotatable bonds is 3. The SMILES string of the molecule is Cc1ccc(NCc2cscc2C)c(N)c1. The van der Waals surface area contributed by atoms with Gasteiger partial charge in [0.2, 0.25) is 0 Å². The van der Waals surface area contributed by atoms with E-state index < -0.39 is 0 Å². The van der Waals surface area contributed by atoms with Crippen LogP contribution in [0, 0.1) is 13.8 Å². The first kappa shape index (κ1) is 11.0. The molecule has 1 aromatic heterocycles. The first-order valence-corrected chi connectivity index (χ1v) is 6.23. The molecule has 0 atom stereocenters. The van der Waals surface area contributed by atoms with E-state index in [-0.39, 0.29) is 0 Å². The predicted molar refractivity (Wildman–Crippen MR) is 72.0 cm³/mol. The molecule has 0 spiro atoms. The van der Waals surface area contributed by atoms with E-state index in [1.54, 1.807) is 11.3 Å². The fourth-order valence-corrected chi connectivity index (χ4v) is 2.46. The van der Waals surface area contributed by atoms with Gasteiger partial charge in [-0.05, 0) is 53.4 Å². The summed E-state index contributed by atoms with van der Waals surface area (Å²) < 4.78 is 0. The van der Waals surface area contributed by atoms with Crippen LogP contribution in [0.1, 0.15) is 16.7 Å². The van der Waals surface area contributed by atoms with Crippen molar-refractivity contribution in [3.8, 4) is 0 Å². The van der Waals surface area contributed by atoms with E-state index in [0.717, 1.165) is 17.9 Å². The van der Waals surface area contributed by atoms with Gasteiger partial charge < -0.3 is 11.1 Å². The Hall–Kier alpha value is -1.48. The van der Waals surface area contributed by atoms with Crippen LogP contribution in [0.4, 0.5) is 11.4 Å². The molecule has 84 valence electrons. The smallest absolute Gasteiger partial charge is 0.0576 e. The average Bonchev–Trinajstić information content (AvgIpc) is 2.63. The Labute approximate surface area is 100 Å². The summed E-state index contributed by atoms with van der Waals surface area (Å²) in [5.41, 5.74) is 11.6. The van der Waals surface area contributed by atoms with Crippen molar-refractivity contribution >= 4 is 22.7 Å². The van der Waals surface area contributed by atoms with Crippen molar-refractivity contribution < 1.29 is 0 Å². The monoisotopic (exact) mass is 232 g/mol. The molecule has 2 rings (SSSR count). The number of benzene rings is 1. The summed E-state index contributed by atoms with van der Waals surface area (Å²) in [5, 5.41) is 7.70. The van der Waals surface area contributed by atoms with Crippen LogP contribution in [0.2, 0.25) is 0 Å². The fourth-order valence-electron chi connectivity index (χ4n) is 1.60. The molecule has 1 aromatic carbocycles. The second-order valence-electron chi connectivity index (χ2n) is 4.02. The number of nitrogen functional groups attached to an aromatic ring is 1. The van der Waals surface area contributed by atoms with Gasteiger partial charge in [-0.3, -0.25) is 0 Å². The Bertz CT molecular complexity index is 488. The van der Waals surface area contributed by atoms with Gasteiger partial charge in [0, 0.05) is 6.54 Å². The highest BCUT2D eigenvalue weighted by atomic mass is 32.1. The molecule has 0 fully saturated rings. The maximum Gasteiger partial charge on any atom is 0.0576 e. The lowest BCUT2D eigenvalue weighted by Gasteiger charge is -2.09. The number of thiophene rings is 1. The van der Waals surface area contributed by atoms with Gasteiger partial charge in [0.1, 0.15) is 0 Å². The normalized spacial score (nSPS) is 10.4. The van der Waals surface area contributed by atoms with Crippen LogP contribution in [-0.2, 0) is 6.54 Å². The minimum absolute atomic E-state index is 0.813. The number of hydrogen-bond acceptors (Lipinski definition) is 3. The van der Waals surface area contributed by atoms with Crippen molar-refractivity contribution in [2.24, 2.45) is 0 Å². The molecule has 3 heteroatoms. The topological polar surface area (TPSA) is 38.0 Å². The van der Waals surface area contributed by atoms with Gasteiger partial charge in [0.15, 0.2) is 0 Å². The summed E-state index contributed by atoms with van der Waals surface area (Å²) in [5.74, 6) is 0. The average molecular weight is 232 g/mol. The summed E-state index contributed by atoms with van der Waals surface area (Å²) in [4.78, 5) is 0. The van der Waals surface area contributed by atoms with Crippen molar-refractivity contribution in [3.05, 3.63) is 45.6 Å². The number of hydrogen-bond donors (Lipinski definition) is 2. The molecule has 0 unspecified atom stereocenters. The van der Waals surface area contributed by atoms with Gasteiger partial charge in [-0.1, -0.05) is 6.07 Å². The lowest BCUT2D eigenvalue weighted by atomic mass is 10.2. The van der Waals surface area contributed by atoms with Gasteiger partial charge in [-0.15, -0.1) is 0 Å². The van der Waals surface area contributed by atoms with Crippen LogP contribution in [0.3, 0.4) is 0 Å². The molecule has 0 aliphatic carbocycles. The number of aryl methyl sites for hydroxylation is 2. The highest BCUT2D eigenvalue weighted by Gasteiger charge is 2.01. The van der Waals surface area contributed by atoms with E-state index in [9.17, 15) is 0 Å². The first-order chi connectivity index (χ1) is 7.66. The zero-order valence-electron chi connectivity index (χ0n) is 9.58. The lowest BCUT2D eigenvalue weighted by molar-refractivity contribution is 1.14. The van der Waals surface area contributed by atoms with E-state index >= 15 is 0 Å². The fraction of sp³-hybridized carbons (Fsp3) is 0.231. The third-order valence-electron chi connectivity index (χ3n) is 2.64. The highest BCUT2D eigenvalue weighted by molar-refractivity contribution is 7.08. The van der Waals surface area contributed by atoms with Crippen molar-refractivity contribution in [2.45, 2.75) is 20.4 Å². The molecule has 3 N–H and O–H groups in total. The molecule has 0 saturated heterocycles. The minimum Gasteiger partial charge on any atom is -0.397 e. The van der Waals surface area contributed by atoms with Crippen LogP contribution in [0.25, 0.3) is 0 Å².